The molecule has 2 unspecified atom stereocenters. The summed E-state index contributed by atoms with van der Waals surface area (Å²) in [6, 6.07) is 0. The third-order valence-electron chi connectivity index (χ3n) is 4.71. The topological polar surface area (TPSA) is 49.2 Å². The summed E-state index contributed by atoms with van der Waals surface area (Å²) in [5, 5.41) is 9.88. The molecule has 2 heterocycles. The molecule has 1 fully saturated rings. The number of nitrogens with zero attached hydrogens (tertiary/aromatic N) is 3. The molecular formula is C16H25N3O. The minimum absolute atomic E-state index is 0.225. The molecule has 1 aromatic heterocycles. The van der Waals surface area contributed by atoms with Gasteiger partial charge in [0, 0.05) is 30.3 Å². The van der Waals surface area contributed by atoms with Crippen LogP contribution in [-0.4, -0.2) is 34.3 Å². The Morgan fingerprint density at radius 3 is 2.80 bits per heavy atom. The number of aryl methyl sites for hydroxylation is 2. The van der Waals surface area contributed by atoms with Crippen molar-refractivity contribution < 1.29 is 5.11 Å². The first-order chi connectivity index (χ1) is 9.65. The van der Waals surface area contributed by atoms with E-state index < -0.39 is 0 Å². The molecule has 0 spiro atoms. The molecule has 1 aliphatic carbocycles. The van der Waals surface area contributed by atoms with Gasteiger partial charge in [-0.2, -0.15) is 0 Å². The van der Waals surface area contributed by atoms with Crippen molar-refractivity contribution in [3.8, 4) is 0 Å². The Labute approximate surface area is 121 Å². The van der Waals surface area contributed by atoms with Gasteiger partial charge < -0.3 is 10.0 Å². The van der Waals surface area contributed by atoms with Crippen LogP contribution in [0.4, 0.5) is 5.82 Å². The predicted octanol–water partition coefficient (Wildman–Crippen LogP) is 2.26. The molecule has 0 radical (unpaired) electrons. The second kappa shape index (κ2) is 5.68. The van der Waals surface area contributed by atoms with E-state index in [4.69, 9.17) is 4.98 Å². The lowest BCUT2D eigenvalue weighted by atomic mass is 9.91. The number of hydrogen-bond acceptors (Lipinski definition) is 4. The number of piperidine rings is 1. The summed E-state index contributed by atoms with van der Waals surface area (Å²) in [5.41, 5.74) is 2.63. The number of rotatable bonds is 2. The van der Waals surface area contributed by atoms with Gasteiger partial charge in [-0.3, -0.25) is 0 Å². The summed E-state index contributed by atoms with van der Waals surface area (Å²) >= 11 is 0. The van der Waals surface area contributed by atoms with Crippen molar-refractivity contribution in [1.29, 1.82) is 0 Å². The Bertz CT molecular complexity index is 487. The third kappa shape index (κ3) is 2.66. The first-order valence-corrected chi connectivity index (χ1v) is 7.94. The summed E-state index contributed by atoms with van der Waals surface area (Å²) in [5.74, 6) is 2.41. The number of anilines is 1. The molecule has 1 aromatic rings. The van der Waals surface area contributed by atoms with Gasteiger partial charge in [0.15, 0.2) is 0 Å². The molecular weight excluding hydrogens is 250 g/mol. The van der Waals surface area contributed by atoms with Gasteiger partial charge in [-0.1, -0.05) is 0 Å². The second-order valence-corrected chi connectivity index (χ2v) is 6.32. The monoisotopic (exact) mass is 275 g/mol. The summed E-state index contributed by atoms with van der Waals surface area (Å²) in [7, 11) is 0. The van der Waals surface area contributed by atoms with Gasteiger partial charge in [-0.25, -0.2) is 9.97 Å². The van der Waals surface area contributed by atoms with Gasteiger partial charge in [0.05, 0.1) is 6.10 Å². The fraction of sp³-hybridized carbons (Fsp3) is 0.750. The molecule has 3 rings (SSSR count). The van der Waals surface area contributed by atoms with E-state index in [1.807, 2.05) is 13.8 Å². The number of aliphatic hydroxyl groups excluding tert-OH is 1. The van der Waals surface area contributed by atoms with Gasteiger partial charge in [0.1, 0.15) is 11.6 Å². The average molecular weight is 275 g/mol. The molecule has 1 N–H and O–H groups in total. The van der Waals surface area contributed by atoms with Crippen molar-refractivity contribution in [2.24, 2.45) is 5.92 Å². The number of hydrogen-bond donors (Lipinski definition) is 1. The van der Waals surface area contributed by atoms with Gasteiger partial charge in [-0.15, -0.1) is 0 Å². The molecule has 2 atom stereocenters. The molecule has 2 aliphatic rings. The number of fused-ring (bicyclic) bond motifs is 1. The van der Waals surface area contributed by atoms with E-state index in [-0.39, 0.29) is 6.10 Å². The number of aromatic nitrogens is 2. The van der Waals surface area contributed by atoms with Crippen molar-refractivity contribution in [3.05, 3.63) is 17.1 Å². The molecule has 110 valence electrons. The highest BCUT2D eigenvalue weighted by molar-refractivity contribution is 5.50. The molecule has 0 saturated carbocycles. The van der Waals surface area contributed by atoms with Crippen molar-refractivity contribution in [3.63, 3.8) is 0 Å². The van der Waals surface area contributed by atoms with Crippen LogP contribution in [-0.2, 0) is 12.8 Å². The SMILES string of the molecule is Cc1nc2c(c(N3CCCC(C(C)O)C3)n1)CCCC2. The first kappa shape index (κ1) is 13.8. The Kier molecular flexibility index (Phi) is 3.92. The standard InChI is InChI=1S/C16H25N3O/c1-11(20)13-6-5-9-19(10-13)16-14-7-3-4-8-15(14)17-12(2)18-16/h11,13,20H,3-10H2,1-2H3. The molecule has 1 saturated heterocycles. The van der Waals surface area contributed by atoms with Crippen LogP contribution in [0.5, 0.6) is 0 Å². The van der Waals surface area contributed by atoms with Crippen LogP contribution in [0, 0.1) is 12.8 Å². The summed E-state index contributed by atoms with van der Waals surface area (Å²) in [6.07, 6.45) is 6.75. The van der Waals surface area contributed by atoms with E-state index in [1.54, 1.807) is 0 Å². The summed E-state index contributed by atoms with van der Waals surface area (Å²) in [6.45, 7) is 5.90. The minimum atomic E-state index is -0.225. The van der Waals surface area contributed by atoms with Crippen molar-refractivity contribution in [1.82, 2.24) is 9.97 Å². The van der Waals surface area contributed by atoms with Crippen molar-refractivity contribution >= 4 is 5.82 Å². The van der Waals surface area contributed by atoms with Crippen molar-refractivity contribution in [2.45, 2.75) is 58.5 Å². The maximum Gasteiger partial charge on any atom is 0.135 e. The van der Waals surface area contributed by atoms with Gasteiger partial charge in [0.25, 0.3) is 0 Å². The van der Waals surface area contributed by atoms with Crippen LogP contribution < -0.4 is 4.90 Å². The normalized spacial score (nSPS) is 24.4. The van der Waals surface area contributed by atoms with Crippen molar-refractivity contribution in [2.75, 3.05) is 18.0 Å². The maximum atomic E-state index is 9.88. The third-order valence-corrected chi connectivity index (χ3v) is 4.71. The molecule has 20 heavy (non-hydrogen) atoms. The van der Waals surface area contributed by atoms with E-state index in [1.165, 1.54) is 24.1 Å². The Hall–Kier alpha value is -1.16. The van der Waals surface area contributed by atoms with E-state index in [0.717, 1.165) is 50.4 Å². The highest BCUT2D eigenvalue weighted by Crippen LogP contribution is 2.31. The average Bonchev–Trinajstić information content (AvgIpc) is 2.46. The number of aliphatic hydroxyl groups is 1. The zero-order chi connectivity index (χ0) is 14.1. The second-order valence-electron chi connectivity index (χ2n) is 6.32. The zero-order valence-corrected chi connectivity index (χ0v) is 12.6. The highest BCUT2D eigenvalue weighted by Gasteiger charge is 2.27. The van der Waals surface area contributed by atoms with Crippen LogP contribution in [0.3, 0.4) is 0 Å². The van der Waals surface area contributed by atoms with Crippen LogP contribution in [0.2, 0.25) is 0 Å². The molecule has 0 amide bonds. The predicted molar refractivity (Wildman–Crippen MR) is 80.0 cm³/mol. The zero-order valence-electron chi connectivity index (χ0n) is 12.6. The van der Waals surface area contributed by atoms with E-state index in [2.05, 4.69) is 9.88 Å². The molecule has 0 bridgehead atoms. The van der Waals surface area contributed by atoms with Crippen LogP contribution in [0.1, 0.15) is 49.7 Å². The maximum absolute atomic E-state index is 9.88. The van der Waals surface area contributed by atoms with E-state index in [9.17, 15) is 5.11 Å². The molecule has 4 nitrogen and oxygen atoms in total. The van der Waals surface area contributed by atoms with E-state index in [0.29, 0.717) is 5.92 Å². The van der Waals surface area contributed by atoms with E-state index >= 15 is 0 Å². The largest absolute Gasteiger partial charge is 0.393 e. The molecule has 1 aliphatic heterocycles. The van der Waals surface area contributed by atoms with Crippen LogP contribution >= 0.6 is 0 Å². The summed E-state index contributed by atoms with van der Waals surface area (Å²) < 4.78 is 0. The Balaban J connectivity index is 1.91. The van der Waals surface area contributed by atoms with Gasteiger partial charge in [0.2, 0.25) is 0 Å². The Morgan fingerprint density at radius 2 is 2.00 bits per heavy atom. The highest BCUT2D eigenvalue weighted by atomic mass is 16.3. The fourth-order valence-corrected chi connectivity index (χ4v) is 3.55. The quantitative estimate of drug-likeness (QED) is 0.899. The van der Waals surface area contributed by atoms with Crippen LogP contribution in [0.25, 0.3) is 0 Å². The molecule has 4 heteroatoms. The minimum Gasteiger partial charge on any atom is -0.393 e. The molecule has 0 aromatic carbocycles. The Morgan fingerprint density at radius 1 is 1.20 bits per heavy atom. The van der Waals surface area contributed by atoms with Gasteiger partial charge >= 0.3 is 0 Å². The first-order valence-electron chi connectivity index (χ1n) is 7.94. The fourth-order valence-electron chi connectivity index (χ4n) is 3.55. The van der Waals surface area contributed by atoms with Gasteiger partial charge in [-0.05, 0) is 52.4 Å². The summed E-state index contributed by atoms with van der Waals surface area (Å²) in [4.78, 5) is 11.8. The smallest absolute Gasteiger partial charge is 0.135 e. The lowest BCUT2D eigenvalue weighted by Gasteiger charge is -2.36. The van der Waals surface area contributed by atoms with Crippen LogP contribution in [0.15, 0.2) is 0 Å². The lowest BCUT2D eigenvalue weighted by Crippen LogP contribution is -2.40. The lowest BCUT2D eigenvalue weighted by molar-refractivity contribution is 0.115.